The molecule has 0 aliphatic heterocycles. The van der Waals surface area contributed by atoms with Crippen LogP contribution >= 0.6 is 0 Å². The second-order valence-electron chi connectivity index (χ2n) is 4.47. The highest BCUT2D eigenvalue weighted by atomic mass is 19.1. The summed E-state index contributed by atoms with van der Waals surface area (Å²) in [7, 11) is 1.25. The van der Waals surface area contributed by atoms with Crippen LogP contribution in [0.3, 0.4) is 0 Å². The van der Waals surface area contributed by atoms with E-state index in [1.54, 1.807) is 12.1 Å². The highest BCUT2D eigenvalue weighted by Gasteiger charge is 2.45. The summed E-state index contributed by atoms with van der Waals surface area (Å²) in [5, 5.41) is 5.21. The van der Waals surface area contributed by atoms with E-state index < -0.39 is 17.5 Å². The fourth-order valence-electron chi connectivity index (χ4n) is 1.87. The van der Waals surface area contributed by atoms with Crippen molar-refractivity contribution >= 4 is 12.0 Å². The maximum Gasteiger partial charge on any atom is 0.325 e. The van der Waals surface area contributed by atoms with Crippen molar-refractivity contribution in [2.75, 3.05) is 13.7 Å². The molecule has 6 heteroatoms. The predicted octanol–water partition coefficient (Wildman–Crippen LogP) is 1.29. The summed E-state index contributed by atoms with van der Waals surface area (Å²) in [4.78, 5) is 22.6. The third-order valence-corrected chi connectivity index (χ3v) is 3.12. The zero-order valence-electron chi connectivity index (χ0n) is 10.5. The first-order chi connectivity index (χ1) is 9.05. The Kier molecular flexibility index (Phi) is 3.69. The molecule has 0 atom stereocenters. The second kappa shape index (κ2) is 5.26. The minimum atomic E-state index is -0.512. The molecular formula is C13H15FN2O3. The number of rotatable bonds is 4. The van der Waals surface area contributed by atoms with Crippen LogP contribution in [0.1, 0.15) is 18.4 Å². The van der Waals surface area contributed by atoms with Gasteiger partial charge in [-0.2, -0.15) is 0 Å². The first kappa shape index (κ1) is 13.3. The summed E-state index contributed by atoms with van der Waals surface area (Å²) in [5.41, 5.74) is 0.426. The number of halogens is 1. The lowest BCUT2D eigenvalue weighted by molar-refractivity contribution is -0.139. The summed E-state index contributed by atoms with van der Waals surface area (Å²) in [6.07, 6.45) is 1.59. The summed E-state index contributed by atoms with van der Waals surface area (Å²) in [6, 6.07) is 5.60. The monoisotopic (exact) mass is 266 g/mol. The topological polar surface area (TPSA) is 67.4 Å². The number of hydrogen-bond acceptors (Lipinski definition) is 3. The van der Waals surface area contributed by atoms with Crippen molar-refractivity contribution in [3.05, 3.63) is 35.6 Å². The highest BCUT2D eigenvalue weighted by molar-refractivity contribution is 5.81. The molecule has 0 aromatic heterocycles. The Morgan fingerprint density at radius 3 is 2.47 bits per heavy atom. The number of nitrogens with one attached hydrogen (secondary N) is 2. The smallest absolute Gasteiger partial charge is 0.325 e. The maximum absolute atomic E-state index is 12.9. The lowest BCUT2D eigenvalue weighted by Crippen LogP contribution is -2.44. The fourth-order valence-corrected chi connectivity index (χ4v) is 1.87. The van der Waals surface area contributed by atoms with Gasteiger partial charge in [0.15, 0.2) is 0 Å². The molecule has 0 spiro atoms. The fraction of sp³-hybridized carbons (Fsp3) is 0.385. The van der Waals surface area contributed by atoms with Crippen molar-refractivity contribution in [2.24, 2.45) is 0 Å². The zero-order chi connectivity index (χ0) is 13.9. The van der Waals surface area contributed by atoms with Crippen molar-refractivity contribution in [1.29, 1.82) is 0 Å². The van der Waals surface area contributed by atoms with Gasteiger partial charge in [-0.3, -0.25) is 4.79 Å². The minimum absolute atomic E-state index is 0.179. The van der Waals surface area contributed by atoms with Crippen molar-refractivity contribution in [3.8, 4) is 0 Å². The summed E-state index contributed by atoms with van der Waals surface area (Å²) < 4.78 is 17.3. The van der Waals surface area contributed by atoms with Crippen LogP contribution in [0, 0.1) is 5.82 Å². The number of methoxy groups -OCH3 is 1. The van der Waals surface area contributed by atoms with E-state index in [-0.39, 0.29) is 12.4 Å². The Labute approximate surface area is 110 Å². The van der Waals surface area contributed by atoms with Crippen molar-refractivity contribution in [3.63, 3.8) is 0 Å². The third kappa shape index (κ3) is 3.21. The van der Waals surface area contributed by atoms with Crippen LogP contribution in [-0.2, 0) is 15.1 Å². The Morgan fingerprint density at radius 1 is 1.32 bits per heavy atom. The highest BCUT2D eigenvalue weighted by Crippen LogP contribution is 2.45. The normalized spacial score (nSPS) is 15.5. The van der Waals surface area contributed by atoms with Gasteiger partial charge in [-0.05, 0) is 30.5 Å². The second-order valence-corrected chi connectivity index (χ2v) is 4.47. The Hall–Kier alpha value is -2.11. The molecule has 5 nitrogen and oxygen atoms in total. The van der Waals surface area contributed by atoms with E-state index >= 15 is 0 Å². The minimum Gasteiger partial charge on any atom is -0.468 e. The average molecular weight is 266 g/mol. The molecule has 1 saturated carbocycles. The summed E-state index contributed by atoms with van der Waals surface area (Å²) >= 11 is 0. The van der Waals surface area contributed by atoms with Gasteiger partial charge in [-0.25, -0.2) is 9.18 Å². The quantitative estimate of drug-likeness (QED) is 0.807. The van der Waals surface area contributed by atoms with E-state index in [0.717, 1.165) is 18.4 Å². The first-order valence-corrected chi connectivity index (χ1v) is 5.95. The van der Waals surface area contributed by atoms with Crippen LogP contribution in [0.5, 0.6) is 0 Å². The van der Waals surface area contributed by atoms with Crippen LogP contribution in [0.25, 0.3) is 0 Å². The number of carbonyl (C=O) groups is 2. The van der Waals surface area contributed by atoms with Crippen molar-refractivity contribution in [2.45, 2.75) is 18.4 Å². The van der Waals surface area contributed by atoms with Crippen LogP contribution in [0.4, 0.5) is 9.18 Å². The van der Waals surface area contributed by atoms with Crippen LogP contribution in [-0.4, -0.2) is 25.7 Å². The molecule has 1 aliphatic carbocycles. The molecule has 0 unspecified atom stereocenters. The third-order valence-electron chi connectivity index (χ3n) is 3.12. The van der Waals surface area contributed by atoms with Crippen LogP contribution < -0.4 is 10.6 Å². The SMILES string of the molecule is COC(=O)CNC(=O)NC1(c2ccc(F)cc2)CC1. The molecule has 2 N–H and O–H groups in total. The molecule has 19 heavy (non-hydrogen) atoms. The first-order valence-electron chi connectivity index (χ1n) is 5.95. The molecule has 0 heterocycles. The lowest BCUT2D eigenvalue weighted by Gasteiger charge is -2.18. The number of ether oxygens (including phenoxy) is 1. The van der Waals surface area contributed by atoms with E-state index in [4.69, 9.17) is 0 Å². The molecule has 1 fully saturated rings. The van der Waals surface area contributed by atoms with Gasteiger partial charge in [0, 0.05) is 0 Å². The largest absolute Gasteiger partial charge is 0.468 e. The van der Waals surface area contributed by atoms with Gasteiger partial charge in [-0.15, -0.1) is 0 Å². The number of urea groups is 1. The molecule has 1 aromatic carbocycles. The maximum atomic E-state index is 12.9. The molecule has 1 aromatic rings. The van der Waals surface area contributed by atoms with Crippen LogP contribution in [0.15, 0.2) is 24.3 Å². The standard InChI is InChI=1S/C13H15FN2O3/c1-19-11(17)8-15-12(18)16-13(6-7-13)9-2-4-10(14)5-3-9/h2-5H,6-8H2,1H3,(H2,15,16,18). The molecular weight excluding hydrogens is 251 g/mol. The zero-order valence-corrected chi connectivity index (χ0v) is 10.5. The predicted molar refractivity (Wildman–Crippen MR) is 65.9 cm³/mol. The van der Waals surface area contributed by atoms with E-state index in [0.29, 0.717) is 0 Å². The van der Waals surface area contributed by atoms with Gasteiger partial charge in [0.05, 0.1) is 12.6 Å². The van der Waals surface area contributed by atoms with Gasteiger partial charge in [0.1, 0.15) is 12.4 Å². The van der Waals surface area contributed by atoms with Gasteiger partial charge >= 0.3 is 12.0 Å². The van der Waals surface area contributed by atoms with Crippen LogP contribution in [0.2, 0.25) is 0 Å². The number of benzene rings is 1. The summed E-state index contributed by atoms with van der Waals surface area (Å²) in [5.74, 6) is -0.823. The van der Waals surface area contributed by atoms with Gasteiger partial charge in [0.25, 0.3) is 0 Å². The van der Waals surface area contributed by atoms with E-state index in [9.17, 15) is 14.0 Å². The van der Waals surface area contributed by atoms with Crippen molar-refractivity contribution < 1.29 is 18.7 Å². The van der Waals surface area contributed by atoms with E-state index in [1.807, 2.05) is 0 Å². The van der Waals surface area contributed by atoms with Gasteiger partial charge in [0.2, 0.25) is 0 Å². The number of esters is 1. The Bertz CT molecular complexity index is 483. The van der Waals surface area contributed by atoms with Gasteiger partial charge < -0.3 is 15.4 Å². The molecule has 2 amide bonds. The Balaban J connectivity index is 1.93. The average Bonchev–Trinajstić information content (AvgIpc) is 3.17. The molecule has 102 valence electrons. The number of hydrogen-bond donors (Lipinski definition) is 2. The number of carbonyl (C=O) groups excluding carboxylic acids is 2. The lowest BCUT2D eigenvalue weighted by atomic mass is 10.1. The molecule has 0 bridgehead atoms. The van der Waals surface area contributed by atoms with Crippen molar-refractivity contribution in [1.82, 2.24) is 10.6 Å². The summed E-state index contributed by atoms with van der Waals surface area (Å²) in [6.45, 7) is -0.179. The van der Waals surface area contributed by atoms with Gasteiger partial charge in [-0.1, -0.05) is 12.1 Å². The number of amides is 2. The van der Waals surface area contributed by atoms with E-state index in [1.165, 1.54) is 19.2 Å². The van der Waals surface area contributed by atoms with E-state index in [2.05, 4.69) is 15.4 Å². The molecule has 2 rings (SSSR count). The molecule has 0 saturated heterocycles. The molecule has 1 aliphatic rings. The Morgan fingerprint density at radius 2 is 1.95 bits per heavy atom. The molecule has 0 radical (unpaired) electrons.